The van der Waals surface area contributed by atoms with E-state index in [0.717, 1.165) is 42.8 Å². The van der Waals surface area contributed by atoms with Crippen molar-refractivity contribution in [2.75, 3.05) is 31.1 Å². The fourth-order valence-corrected chi connectivity index (χ4v) is 3.82. The lowest BCUT2D eigenvalue weighted by molar-refractivity contribution is -0.130. The van der Waals surface area contributed by atoms with Crippen LogP contribution in [0.3, 0.4) is 0 Å². The van der Waals surface area contributed by atoms with Crippen molar-refractivity contribution < 1.29 is 4.79 Å². The molecule has 1 aromatic carbocycles. The molecule has 3 heterocycles. The number of amides is 1. The fraction of sp³-hybridized carbons (Fsp3) is 0.333. The minimum absolute atomic E-state index is 0.200. The summed E-state index contributed by atoms with van der Waals surface area (Å²) in [6, 6.07) is 12.4. The highest BCUT2D eigenvalue weighted by molar-refractivity contribution is 5.87. The number of carbonyl (C=O) groups is 1. The topological polar surface area (TPSA) is 41.4 Å². The Morgan fingerprint density at radius 1 is 1.08 bits per heavy atom. The molecule has 0 bridgehead atoms. The van der Waals surface area contributed by atoms with Crippen LogP contribution in [0.2, 0.25) is 0 Å². The van der Waals surface area contributed by atoms with E-state index in [1.54, 1.807) is 6.20 Å². The number of benzene rings is 1. The van der Waals surface area contributed by atoms with Gasteiger partial charge in [0.2, 0.25) is 5.91 Å². The number of carbonyl (C=O) groups excluding carboxylic acids is 1. The number of aryl methyl sites for hydroxylation is 2. The first kappa shape index (κ1) is 16.6. The predicted molar refractivity (Wildman–Crippen MR) is 104 cm³/mol. The highest BCUT2D eigenvalue weighted by Crippen LogP contribution is 2.22. The minimum atomic E-state index is 0.200. The van der Waals surface area contributed by atoms with Crippen molar-refractivity contribution >= 4 is 22.6 Å². The van der Waals surface area contributed by atoms with Crippen molar-refractivity contribution in [2.24, 2.45) is 7.05 Å². The molecule has 0 unspecified atom stereocenters. The molecule has 0 spiro atoms. The van der Waals surface area contributed by atoms with E-state index in [0.29, 0.717) is 6.42 Å². The lowest BCUT2D eigenvalue weighted by Crippen LogP contribution is -2.49. The van der Waals surface area contributed by atoms with Gasteiger partial charge >= 0.3 is 0 Å². The van der Waals surface area contributed by atoms with Crippen molar-refractivity contribution in [1.82, 2.24) is 14.5 Å². The Balaban J connectivity index is 1.43. The third-order valence-corrected chi connectivity index (χ3v) is 5.25. The molecule has 0 N–H and O–H groups in total. The van der Waals surface area contributed by atoms with Gasteiger partial charge in [0.25, 0.3) is 0 Å². The molecule has 0 aliphatic carbocycles. The summed E-state index contributed by atoms with van der Waals surface area (Å²) in [6.07, 6.45) is 4.26. The Morgan fingerprint density at radius 3 is 2.62 bits per heavy atom. The van der Waals surface area contributed by atoms with Crippen LogP contribution in [0.25, 0.3) is 11.0 Å². The Kier molecular flexibility index (Phi) is 4.37. The van der Waals surface area contributed by atoms with Crippen LogP contribution in [0.4, 0.5) is 5.69 Å². The van der Waals surface area contributed by atoms with Gasteiger partial charge in [-0.1, -0.05) is 18.2 Å². The van der Waals surface area contributed by atoms with E-state index in [4.69, 9.17) is 0 Å². The highest BCUT2D eigenvalue weighted by atomic mass is 16.2. The number of nitrogens with zero attached hydrogens (tertiary/aromatic N) is 4. The standard InChI is InChI=1S/C21H24N4O/c1-16-6-3-4-8-19(16)24-10-12-25(13-11-24)20(26)14-17-15-23(2)21-18(17)7-5-9-22-21/h3-9,15H,10-14H2,1-2H3. The molecule has 134 valence electrons. The van der Waals surface area contributed by atoms with Crippen LogP contribution in [0.1, 0.15) is 11.1 Å². The first-order valence-electron chi connectivity index (χ1n) is 9.11. The van der Waals surface area contributed by atoms with Crippen LogP contribution in [-0.2, 0) is 18.3 Å². The highest BCUT2D eigenvalue weighted by Gasteiger charge is 2.23. The van der Waals surface area contributed by atoms with E-state index in [9.17, 15) is 4.79 Å². The van der Waals surface area contributed by atoms with Crippen molar-refractivity contribution in [3.05, 3.63) is 59.9 Å². The number of aromatic nitrogens is 2. The molecule has 0 atom stereocenters. The van der Waals surface area contributed by atoms with Crippen molar-refractivity contribution in [3.8, 4) is 0 Å². The molecular formula is C21H24N4O. The lowest BCUT2D eigenvalue weighted by Gasteiger charge is -2.36. The molecule has 5 heteroatoms. The Hall–Kier alpha value is -2.82. The van der Waals surface area contributed by atoms with Crippen LogP contribution in [0, 0.1) is 6.92 Å². The summed E-state index contributed by atoms with van der Waals surface area (Å²) in [5, 5.41) is 1.07. The fourth-order valence-electron chi connectivity index (χ4n) is 3.82. The number of piperazine rings is 1. The quantitative estimate of drug-likeness (QED) is 0.731. The van der Waals surface area contributed by atoms with Crippen LogP contribution in [-0.4, -0.2) is 46.5 Å². The summed E-state index contributed by atoms with van der Waals surface area (Å²) in [5.41, 5.74) is 4.55. The van der Waals surface area contributed by atoms with E-state index < -0.39 is 0 Å². The average Bonchev–Trinajstić information content (AvgIpc) is 2.98. The van der Waals surface area contributed by atoms with Gasteiger partial charge in [0.1, 0.15) is 5.65 Å². The van der Waals surface area contributed by atoms with Crippen LogP contribution >= 0.6 is 0 Å². The molecule has 1 fully saturated rings. The molecule has 0 radical (unpaired) electrons. The van der Waals surface area contributed by atoms with E-state index in [2.05, 4.69) is 41.1 Å². The number of anilines is 1. The third kappa shape index (κ3) is 3.05. The van der Waals surface area contributed by atoms with Crippen LogP contribution in [0.15, 0.2) is 48.8 Å². The second kappa shape index (κ2) is 6.83. The third-order valence-electron chi connectivity index (χ3n) is 5.25. The summed E-state index contributed by atoms with van der Waals surface area (Å²) in [6.45, 7) is 5.45. The molecule has 3 aromatic rings. The van der Waals surface area contributed by atoms with Gasteiger partial charge < -0.3 is 14.4 Å². The monoisotopic (exact) mass is 348 g/mol. The molecule has 1 aliphatic rings. The van der Waals surface area contributed by atoms with Crippen LogP contribution < -0.4 is 4.90 Å². The van der Waals surface area contributed by atoms with E-state index in [1.807, 2.05) is 34.8 Å². The Morgan fingerprint density at radius 2 is 1.85 bits per heavy atom. The molecule has 1 amide bonds. The van der Waals surface area contributed by atoms with Gasteiger partial charge in [0.05, 0.1) is 6.42 Å². The van der Waals surface area contributed by atoms with E-state index >= 15 is 0 Å². The predicted octanol–water partition coefficient (Wildman–Crippen LogP) is 2.77. The van der Waals surface area contributed by atoms with E-state index in [-0.39, 0.29) is 5.91 Å². The maximum atomic E-state index is 12.8. The van der Waals surface area contributed by atoms with Gasteiger partial charge in [-0.3, -0.25) is 4.79 Å². The molecular weight excluding hydrogens is 324 g/mol. The Bertz CT molecular complexity index is 938. The van der Waals surface area contributed by atoms with E-state index in [1.165, 1.54) is 11.3 Å². The lowest BCUT2D eigenvalue weighted by atomic mass is 10.1. The second-order valence-electron chi connectivity index (χ2n) is 6.97. The molecule has 5 nitrogen and oxygen atoms in total. The number of fused-ring (bicyclic) bond motifs is 1. The molecule has 2 aromatic heterocycles. The second-order valence-corrected chi connectivity index (χ2v) is 6.97. The van der Waals surface area contributed by atoms with Gasteiger partial charge in [-0.2, -0.15) is 0 Å². The number of hydrogen-bond acceptors (Lipinski definition) is 3. The minimum Gasteiger partial charge on any atom is -0.368 e. The zero-order chi connectivity index (χ0) is 18.1. The zero-order valence-corrected chi connectivity index (χ0v) is 15.4. The molecule has 1 saturated heterocycles. The Labute approximate surface area is 153 Å². The summed E-state index contributed by atoms with van der Waals surface area (Å²) in [5.74, 6) is 0.200. The number of para-hydroxylation sites is 1. The molecule has 4 rings (SSSR count). The summed E-state index contributed by atoms with van der Waals surface area (Å²) in [4.78, 5) is 21.6. The van der Waals surface area contributed by atoms with Crippen LogP contribution in [0.5, 0.6) is 0 Å². The van der Waals surface area contributed by atoms with Gasteiger partial charge in [0, 0.05) is 56.7 Å². The molecule has 26 heavy (non-hydrogen) atoms. The first-order valence-corrected chi connectivity index (χ1v) is 9.11. The number of hydrogen-bond donors (Lipinski definition) is 0. The van der Waals surface area contributed by atoms with Gasteiger partial charge in [-0.15, -0.1) is 0 Å². The van der Waals surface area contributed by atoms with Gasteiger partial charge in [-0.05, 0) is 36.2 Å². The summed E-state index contributed by atoms with van der Waals surface area (Å²) < 4.78 is 1.99. The number of rotatable bonds is 3. The summed E-state index contributed by atoms with van der Waals surface area (Å²) in [7, 11) is 1.98. The average molecular weight is 348 g/mol. The normalized spacial score (nSPS) is 14.8. The molecule has 1 aliphatic heterocycles. The van der Waals surface area contributed by atoms with Gasteiger partial charge in [0.15, 0.2) is 0 Å². The van der Waals surface area contributed by atoms with Crippen molar-refractivity contribution in [1.29, 1.82) is 0 Å². The van der Waals surface area contributed by atoms with Gasteiger partial charge in [-0.25, -0.2) is 4.98 Å². The maximum Gasteiger partial charge on any atom is 0.227 e. The molecule has 0 saturated carbocycles. The SMILES string of the molecule is Cc1ccccc1N1CCN(C(=O)Cc2cn(C)c3ncccc23)CC1. The first-order chi connectivity index (χ1) is 12.6. The van der Waals surface area contributed by atoms with Crippen molar-refractivity contribution in [2.45, 2.75) is 13.3 Å². The smallest absolute Gasteiger partial charge is 0.227 e. The van der Waals surface area contributed by atoms with Crippen molar-refractivity contribution in [3.63, 3.8) is 0 Å². The zero-order valence-electron chi connectivity index (χ0n) is 15.4. The number of pyridine rings is 1. The largest absolute Gasteiger partial charge is 0.368 e. The maximum absolute atomic E-state index is 12.8. The summed E-state index contributed by atoms with van der Waals surface area (Å²) >= 11 is 0.